The van der Waals surface area contributed by atoms with Crippen molar-refractivity contribution in [3.8, 4) is 16.9 Å². The summed E-state index contributed by atoms with van der Waals surface area (Å²) in [7, 11) is 1.66. The van der Waals surface area contributed by atoms with Crippen LogP contribution >= 0.6 is 11.6 Å². The van der Waals surface area contributed by atoms with Crippen molar-refractivity contribution in [1.82, 2.24) is 0 Å². The SMILES string of the molecule is CCOC(=O)CCCCCOc1ccccc1N(C)C(=O)c1ccc(NC(=O)c2ccccc2-c2ccc(C)cc2)cc1Cl. The van der Waals surface area contributed by atoms with Gasteiger partial charge in [-0.05, 0) is 80.6 Å². The molecular formula is C36H37ClN2O5. The van der Waals surface area contributed by atoms with Gasteiger partial charge in [0.05, 0.1) is 29.5 Å². The summed E-state index contributed by atoms with van der Waals surface area (Å²) in [6, 6.07) is 27.6. The molecule has 0 heterocycles. The molecule has 0 unspecified atom stereocenters. The van der Waals surface area contributed by atoms with Gasteiger partial charge in [-0.25, -0.2) is 0 Å². The number of ether oxygens (including phenoxy) is 2. The molecule has 1 N–H and O–H groups in total. The average Bonchev–Trinajstić information content (AvgIpc) is 3.03. The lowest BCUT2D eigenvalue weighted by Crippen LogP contribution is -2.27. The Bertz CT molecular complexity index is 1600. The summed E-state index contributed by atoms with van der Waals surface area (Å²) in [6.45, 7) is 4.65. The summed E-state index contributed by atoms with van der Waals surface area (Å²) in [5, 5.41) is 3.13. The van der Waals surface area contributed by atoms with Crippen LogP contribution in [0.25, 0.3) is 11.1 Å². The number of benzene rings is 4. The largest absolute Gasteiger partial charge is 0.491 e. The molecule has 0 saturated carbocycles. The van der Waals surface area contributed by atoms with Crippen LogP contribution < -0.4 is 15.0 Å². The maximum absolute atomic E-state index is 13.5. The van der Waals surface area contributed by atoms with Gasteiger partial charge in [0.15, 0.2) is 0 Å². The monoisotopic (exact) mass is 612 g/mol. The third kappa shape index (κ3) is 8.48. The highest BCUT2D eigenvalue weighted by Gasteiger charge is 2.21. The second-order valence-corrected chi connectivity index (χ2v) is 10.8. The first kappa shape index (κ1) is 32.3. The Labute approximate surface area is 263 Å². The molecule has 0 saturated heterocycles. The molecule has 0 aliphatic carbocycles. The van der Waals surface area contributed by atoms with Gasteiger partial charge >= 0.3 is 5.97 Å². The number of esters is 1. The van der Waals surface area contributed by atoms with Gasteiger partial charge in [0.25, 0.3) is 11.8 Å². The van der Waals surface area contributed by atoms with Crippen molar-refractivity contribution in [2.45, 2.75) is 39.5 Å². The van der Waals surface area contributed by atoms with Crippen molar-refractivity contribution >= 4 is 40.8 Å². The number of hydrogen-bond acceptors (Lipinski definition) is 5. The van der Waals surface area contributed by atoms with Gasteiger partial charge < -0.3 is 19.7 Å². The molecular weight excluding hydrogens is 576 g/mol. The molecule has 2 amide bonds. The van der Waals surface area contributed by atoms with Gasteiger partial charge in [-0.1, -0.05) is 71.8 Å². The second kappa shape index (κ2) is 15.7. The van der Waals surface area contributed by atoms with E-state index in [4.69, 9.17) is 21.1 Å². The molecule has 0 spiro atoms. The summed E-state index contributed by atoms with van der Waals surface area (Å²) < 4.78 is 10.9. The Morgan fingerprint density at radius 2 is 1.57 bits per heavy atom. The second-order valence-electron chi connectivity index (χ2n) is 10.4. The first-order valence-electron chi connectivity index (χ1n) is 14.7. The van der Waals surface area contributed by atoms with Crippen LogP contribution in [0.5, 0.6) is 5.75 Å². The summed E-state index contributed by atoms with van der Waals surface area (Å²) in [5.41, 5.74) is 4.81. The average molecular weight is 613 g/mol. The van der Waals surface area contributed by atoms with Crippen LogP contribution in [0, 0.1) is 6.92 Å². The molecule has 4 aromatic rings. The Hall–Kier alpha value is -4.62. The minimum absolute atomic E-state index is 0.184. The number of nitrogens with one attached hydrogen (secondary N) is 1. The number of amides is 2. The first-order valence-corrected chi connectivity index (χ1v) is 15.1. The number of hydrogen-bond donors (Lipinski definition) is 1. The topological polar surface area (TPSA) is 84.9 Å². The smallest absolute Gasteiger partial charge is 0.305 e. The third-order valence-corrected chi connectivity index (χ3v) is 7.42. The van der Waals surface area contributed by atoms with Gasteiger partial charge in [0.1, 0.15) is 5.75 Å². The molecule has 0 atom stereocenters. The molecule has 4 rings (SSSR count). The quantitative estimate of drug-likeness (QED) is 0.121. The lowest BCUT2D eigenvalue weighted by Gasteiger charge is -2.21. The van der Waals surface area contributed by atoms with E-state index in [0.717, 1.165) is 36.0 Å². The molecule has 0 aliphatic rings. The first-order chi connectivity index (χ1) is 21.3. The number of anilines is 2. The number of para-hydroxylation sites is 2. The summed E-state index contributed by atoms with van der Waals surface area (Å²) in [4.78, 5) is 39.7. The highest BCUT2D eigenvalue weighted by Crippen LogP contribution is 2.31. The van der Waals surface area contributed by atoms with Crippen LogP contribution in [0.15, 0.2) is 91.0 Å². The molecule has 7 nitrogen and oxygen atoms in total. The van der Waals surface area contributed by atoms with Gasteiger partial charge in [-0.3, -0.25) is 14.4 Å². The van der Waals surface area contributed by atoms with Crippen LogP contribution in [0.1, 0.15) is 58.9 Å². The van der Waals surface area contributed by atoms with E-state index in [1.54, 1.807) is 38.2 Å². The fourth-order valence-electron chi connectivity index (χ4n) is 4.74. The fraction of sp³-hybridized carbons (Fsp3) is 0.250. The number of nitrogens with zero attached hydrogens (tertiary/aromatic N) is 1. The summed E-state index contributed by atoms with van der Waals surface area (Å²) in [6.07, 6.45) is 2.72. The van der Waals surface area contributed by atoms with Crippen LogP contribution in [0.4, 0.5) is 11.4 Å². The zero-order valence-electron chi connectivity index (χ0n) is 25.3. The molecule has 0 aliphatic heterocycles. The molecule has 4 aromatic carbocycles. The zero-order valence-corrected chi connectivity index (χ0v) is 26.0. The van der Waals surface area contributed by atoms with Crippen molar-refractivity contribution in [3.05, 3.63) is 113 Å². The van der Waals surface area contributed by atoms with E-state index in [9.17, 15) is 14.4 Å². The van der Waals surface area contributed by atoms with Crippen LogP contribution in [0.3, 0.4) is 0 Å². The maximum atomic E-state index is 13.5. The Balaban J connectivity index is 1.40. The summed E-state index contributed by atoms with van der Waals surface area (Å²) >= 11 is 6.58. The zero-order chi connectivity index (χ0) is 31.5. The van der Waals surface area contributed by atoms with Crippen molar-refractivity contribution in [2.75, 3.05) is 30.5 Å². The van der Waals surface area contributed by atoms with Crippen LogP contribution in [-0.2, 0) is 9.53 Å². The van der Waals surface area contributed by atoms with Crippen molar-refractivity contribution in [3.63, 3.8) is 0 Å². The number of unbranched alkanes of at least 4 members (excludes halogenated alkanes) is 2. The standard InChI is InChI=1S/C36H37ClN2O5/c1-4-43-34(40)16-6-5-11-23-44-33-15-10-9-14-32(33)39(3)36(42)30-22-21-27(24-31(30)37)38-35(41)29-13-8-7-12-28(29)26-19-17-25(2)18-20-26/h7-10,12-15,17-22,24H,4-6,11,16,23H2,1-3H3,(H,38,41). The number of carbonyl (C=O) groups excluding carboxylic acids is 3. The molecule has 0 aromatic heterocycles. The minimum atomic E-state index is -0.317. The lowest BCUT2D eigenvalue weighted by molar-refractivity contribution is -0.143. The lowest BCUT2D eigenvalue weighted by atomic mass is 9.98. The van der Waals surface area contributed by atoms with Gasteiger partial charge in [0.2, 0.25) is 0 Å². The van der Waals surface area contributed by atoms with E-state index >= 15 is 0 Å². The minimum Gasteiger partial charge on any atom is -0.491 e. The van der Waals surface area contributed by atoms with Gasteiger partial charge in [-0.15, -0.1) is 0 Å². The molecule has 8 heteroatoms. The molecule has 0 fully saturated rings. The van der Waals surface area contributed by atoms with Crippen LogP contribution in [-0.4, -0.2) is 38.0 Å². The highest BCUT2D eigenvalue weighted by atomic mass is 35.5. The van der Waals surface area contributed by atoms with Crippen molar-refractivity contribution < 1.29 is 23.9 Å². The number of rotatable bonds is 13. The Morgan fingerprint density at radius 3 is 2.32 bits per heavy atom. The maximum Gasteiger partial charge on any atom is 0.305 e. The highest BCUT2D eigenvalue weighted by molar-refractivity contribution is 6.35. The van der Waals surface area contributed by atoms with E-state index in [-0.39, 0.29) is 22.8 Å². The van der Waals surface area contributed by atoms with E-state index in [1.807, 2.05) is 73.7 Å². The number of halogens is 1. The van der Waals surface area contributed by atoms with E-state index in [0.29, 0.717) is 47.9 Å². The van der Waals surface area contributed by atoms with Gasteiger partial charge in [0, 0.05) is 24.7 Å². The van der Waals surface area contributed by atoms with Gasteiger partial charge in [-0.2, -0.15) is 0 Å². The summed E-state index contributed by atoms with van der Waals surface area (Å²) in [5.74, 6) is -0.208. The molecule has 0 bridgehead atoms. The van der Waals surface area contributed by atoms with E-state index in [1.165, 1.54) is 4.90 Å². The predicted octanol–water partition coefficient (Wildman–Crippen LogP) is 8.35. The molecule has 0 radical (unpaired) electrons. The Morgan fingerprint density at radius 1 is 0.841 bits per heavy atom. The van der Waals surface area contributed by atoms with Crippen molar-refractivity contribution in [1.29, 1.82) is 0 Å². The third-order valence-electron chi connectivity index (χ3n) is 7.11. The predicted molar refractivity (Wildman–Crippen MR) is 176 cm³/mol. The Kier molecular flexibility index (Phi) is 11.5. The number of aryl methyl sites for hydroxylation is 1. The van der Waals surface area contributed by atoms with E-state index < -0.39 is 0 Å². The van der Waals surface area contributed by atoms with Crippen molar-refractivity contribution in [2.24, 2.45) is 0 Å². The van der Waals surface area contributed by atoms with E-state index in [2.05, 4.69) is 5.32 Å². The normalized spacial score (nSPS) is 10.6. The molecule has 44 heavy (non-hydrogen) atoms. The number of carbonyl (C=O) groups is 3. The fourth-order valence-corrected chi connectivity index (χ4v) is 5.00. The molecule has 228 valence electrons. The van der Waals surface area contributed by atoms with Crippen LogP contribution in [0.2, 0.25) is 5.02 Å².